The van der Waals surface area contributed by atoms with Crippen molar-refractivity contribution in [3.8, 4) is 0 Å². The number of aryl methyl sites for hydroxylation is 4. The Bertz CT molecular complexity index is 2970. The monoisotopic (exact) mass is 924 g/mol. The molecule has 0 atom stereocenters. The number of para-hydroxylation sites is 1. The molecule has 66 heavy (non-hydrogen) atoms. The topological polar surface area (TPSA) is 194 Å². The SMILES string of the molecule is Cc1ccc(C(=O)OCCCl)cc1N/N=C1/C(=O)C(C(=O)Nc2cc(C)c(NC(=O)C3=Cc4ccccc4/C(=N/Nc4c(C)cccc4C(=O)OCCCl)C3=O)cc2C)=Cc2ccccc21. The van der Waals surface area contributed by atoms with E-state index < -0.39 is 35.3 Å². The van der Waals surface area contributed by atoms with Crippen LogP contribution in [-0.2, 0) is 28.7 Å². The molecule has 0 radical (unpaired) electrons. The predicted octanol–water partition coefficient (Wildman–Crippen LogP) is 8.55. The van der Waals surface area contributed by atoms with Crippen LogP contribution in [0.4, 0.5) is 22.7 Å². The number of nitrogens with one attached hydrogen (secondary N) is 4. The van der Waals surface area contributed by atoms with Crippen molar-refractivity contribution >= 4 is 105 Å². The minimum absolute atomic E-state index is 0.00862. The molecule has 14 nitrogen and oxygen atoms in total. The molecule has 0 heterocycles. The highest BCUT2D eigenvalue weighted by Crippen LogP contribution is 2.30. The van der Waals surface area contributed by atoms with Crippen molar-refractivity contribution in [2.24, 2.45) is 10.2 Å². The summed E-state index contributed by atoms with van der Waals surface area (Å²) < 4.78 is 10.4. The lowest BCUT2D eigenvalue weighted by molar-refractivity contribution is -0.118. The molecule has 0 aliphatic heterocycles. The van der Waals surface area contributed by atoms with Gasteiger partial charge in [0.05, 0.1) is 45.4 Å². The van der Waals surface area contributed by atoms with E-state index in [1.165, 1.54) is 12.2 Å². The number of rotatable bonds is 14. The van der Waals surface area contributed by atoms with Gasteiger partial charge in [0, 0.05) is 22.5 Å². The largest absolute Gasteiger partial charge is 0.461 e. The number of carbonyl (C=O) groups excluding carboxylic acids is 6. The number of ether oxygens (including phenoxy) is 2. The maximum absolute atomic E-state index is 14.1. The molecule has 2 amide bonds. The number of Topliss-reactive ketones (excluding diaryl/α,β-unsaturated/α-hetero) is 2. The normalized spacial score (nSPS) is 14.1. The highest BCUT2D eigenvalue weighted by atomic mass is 35.5. The zero-order chi connectivity index (χ0) is 47.1. The fourth-order valence-corrected chi connectivity index (χ4v) is 7.30. The molecule has 16 heteroatoms. The van der Waals surface area contributed by atoms with Crippen LogP contribution in [0.5, 0.6) is 0 Å². The van der Waals surface area contributed by atoms with Crippen molar-refractivity contribution in [3.63, 3.8) is 0 Å². The lowest BCUT2D eigenvalue weighted by atomic mass is 9.89. The van der Waals surface area contributed by atoms with Crippen molar-refractivity contribution < 1.29 is 38.2 Å². The van der Waals surface area contributed by atoms with Gasteiger partial charge in [-0.2, -0.15) is 10.2 Å². The molecule has 0 bridgehead atoms. The third-order valence-electron chi connectivity index (χ3n) is 10.7. The fraction of sp³-hybridized carbons (Fsp3) is 0.160. The molecular formula is C50H42Cl2N6O8. The summed E-state index contributed by atoms with van der Waals surface area (Å²) in [6, 6.07) is 27.2. The molecule has 0 aromatic heterocycles. The Morgan fingerprint density at radius 2 is 1.06 bits per heavy atom. The van der Waals surface area contributed by atoms with E-state index in [0.29, 0.717) is 61.7 Å². The van der Waals surface area contributed by atoms with E-state index in [9.17, 15) is 28.8 Å². The number of fused-ring (bicyclic) bond motifs is 2. The lowest BCUT2D eigenvalue weighted by Crippen LogP contribution is -2.31. The fourth-order valence-electron chi connectivity index (χ4n) is 7.15. The lowest BCUT2D eigenvalue weighted by Gasteiger charge is -2.20. The maximum Gasteiger partial charge on any atom is 0.340 e. The molecule has 0 unspecified atom stereocenters. The Morgan fingerprint density at radius 3 is 1.61 bits per heavy atom. The Balaban J connectivity index is 1.09. The third kappa shape index (κ3) is 9.99. The molecule has 2 aliphatic carbocycles. The zero-order valence-electron chi connectivity index (χ0n) is 36.1. The number of alkyl halides is 2. The van der Waals surface area contributed by atoms with Crippen LogP contribution in [0.3, 0.4) is 0 Å². The first kappa shape index (κ1) is 46.3. The van der Waals surface area contributed by atoms with E-state index in [-0.39, 0.29) is 58.7 Å². The van der Waals surface area contributed by atoms with Crippen LogP contribution in [0, 0.1) is 27.7 Å². The quantitative estimate of drug-likeness (QED) is 0.0363. The Kier molecular flexibility index (Phi) is 14.3. The maximum atomic E-state index is 14.1. The highest BCUT2D eigenvalue weighted by molar-refractivity contribution is 6.60. The number of hydrogen-bond acceptors (Lipinski definition) is 12. The van der Waals surface area contributed by atoms with Crippen molar-refractivity contribution in [1.82, 2.24) is 0 Å². The number of nitrogens with zero attached hydrogens (tertiary/aromatic N) is 2. The summed E-state index contributed by atoms with van der Waals surface area (Å²) in [5, 5.41) is 14.6. The zero-order valence-corrected chi connectivity index (χ0v) is 37.6. The van der Waals surface area contributed by atoms with Gasteiger partial charge in [0.15, 0.2) is 0 Å². The van der Waals surface area contributed by atoms with Gasteiger partial charge < -0.3 is 20.1 Å². The first-order valence-electron chi connectivity index (χ1n) is 20.6. The summed E-state index contributed by atoms with van der Waals surface area (Å²) in [4.78, 5) is 81.3. The summed E-state index contributed by atoms with van der Waals surface area (Å²) >= 11 is 11.4. The standard InChI is InChI=1S/C50H42Cl2N6O8/c1-27-16-17-33(49(63)65-20-18-51)26-41(27)55-57-43-34-13-7-5-11-31(34)24-37(45(43)59)47(61)53-39-22-30(4)40(23-29(39)3)54-48(62)38-25-32-12-6-8-14-35(32)44(46(38)60)58-56-42-28(2)10-9-15-36(42)50(64)66-21-19-52/h5-17,22-26,55-56H,18-21H2,1-4H3,(H,53,61)(H,54,62)/b57-43+,58-44-. The van der Waals surface area contributed by atoms with Gasteiger partial charge in [-0.1, -0.05) is 66.7 Å². The van der Waals surface area contributed by atoms with E-state index in [0.717, 1.165) is 5.56 Å². The van der Waals surface area contributed by atoms with Crippen molar-refractivity contribution in [2.75, 3.05) is 46.5 Å². The summed E-state index contributed by atoms with van der Waals surface area (Å²) in [7, 11) is 0. The molecule has 2 aliphatic rings. The number of ketones is 2. The van der Waals surface area contributed by atoms with Crippen LogP contribution in [0.2, 0.25) is 0 Å². The van der Waals surface area contributed by atoms with Gasteiger partial charge in [-0.3, -0.25) is 30.0 Å². The molecular weight excluding hydrogens is 883 g/mol. The molecule has 5 aromatic carbocycles. The van der Waals surface area contributed by atoms with E-state index in [1.54, 1.807) is 125 Å². The second kappa shape index (κ2) is 20.4. The molecule has 0 saturated heterocycles. The first-order valence-corrected chi connectivity index (χ1v) is 21.7. The third-order valence-corrected chi connectivity index (χ3v) is 11.0. The molecule has 0 fully saturated rings. The molecule has 5 aromatic rings. The van der Waals surface area contributed by atoms with Crippen LogP contribution >= 0.6 is 23.2 Å². The number of halogens is 2. The number of hydrogen-bond donors (Lipinski definition) is 4. The predicted molar refractivity (Wildman–Crippen MR) is 257 cm³/mol. The summed E-state index contributed by atoms with van der Waals surface area (Å²) in [5.41, 5.74) is 12.0. The molecule has 7 rings (SSSR count). The van der Waals surface area contributed by atoms with Crippen molar-refractivity contribution in [3.05, 3.63) is 164 Å². The van der Waals surface area contributed by atoms with Gasteiger partial charge >= 0.3 is 11.9 Å². The number of hydrazone groups is 2. The Labute approximate surface area is 389 Å². The van der Waals surface area contributed by atoms with Crippen LogP contribution < -0.4 is 21.5 Å². The van der Waals surface area contributed by atoms with Crippen LogP contribution in [-0.4, -0.2) is 71.7 Å². The number of amides is 2. The average molecular weight is 926 g/mol. The second-order valence-corrected chi connectivity index (χ2v) is 15.9. The van der Waals surface area contributed by atoms with Gasteiger partial charge in [-0.15, -0.1) is 23.2 Å². The molecule has 0 spiro atoms. The van der Waals surface area contributed by atoms with Crippen LogP contribution in [0.1, 0.15) is 65.2 Å². The van der Waals surface area contributed by atoms with Crippen molar-refractivity contribution in [2.45, 2.75) is 27.7 Å². The Morgan fingerprint density at radius 1 is 0.545 bits per heavy atom. The summed E-state index contributed by atoms with van der Waals surface area (Å²) in [6.45, 7) is 7.07. The second-order valence-electron chi connectivity index (χ2n) is 15.2. The van der Waals surface area contributed by atoms with Crippen LogP contribution in [0.15, 0.2) is 118 Å². The van der Waals surface area contributed by atoms with Gasteiger partial charge in [0.1, 0.15) is 24.6 Å². The molecule has 0 saturated carbocycles. The van der Waals surface area contributed by atoms with E-state index in [4.69, 9.17) is 32.7 Å². The number of anilines is 4. The number of benzene rings is 5. The highest BCUT2D eigenvalue weighted by Gasteiger charge is 2.32. The first-order chi connectivity index (χ1) is 31.8. The smallest absolute Gasteiger partial charge is 0.340 e. The van der Waals surface area contributed by atoms with Gasteiger partial charge in [-0.25, -0.2) is 9.59 Å². The van der Waals surface area contributed by atoms with Crippen LogP contribution in [0.25, 0.3) is 12.2 Å². The number of carbonyl (C=O) groups is 6. The van der Waals surface area contributed by atoms with Gasteiger partial charge in [0.2, 0.25) is 11.6 Å². The van der Waals surface area contributed by atoms with Gasteiger partial charge in [-0.05, 0) is 104 Å². The minimum Gasteiger partial charge on any atom is -0.461 e. The molecule has 334 valence electrons. The summed E-state index contributed by atoms with van der Waals surface area (Å²) in [5.74, 6) is -3.60. The van der Waals surface area contributed by atoms with Gasteiger partial charge in [0.25, 0.3) is 11.8 Å². The van der Waals surface area contributed by atoms with E-state index in [1.807, 2.05) is 0 Å². The molecule has 4 N–H and O–H groups in total. The number of esters is 2. The Hall–Kier alpha value is -7.68. The van der Waals surface area contributed by atoms with E-state index in [2.05, 4.69) is 31.7 Å². The average Bonchev–Trinajstić information content (AvgIpc) is 3.31. The van der Waals surface area contributed by atoms with E-state index >= 15 is 0 Å². The van der Waals surface area contributed by atoms with Crippen molar-refractivity contribution in [1.29, 1.82) is 0 Å². The minimum atomic E-state index is -0.701. The summed E-state index contributed by atoms with van der Waals surface area (Å²) in [6.07, 6.45) is 2.99.